The number of hydrogen-bond donors (Lipinski definition) is 1. The van der Waals surface area contributed by atoms with Gasteiger partial charge in [0.25, 0.3) is 5.91 Å². The first-order chi connectivity index (χ1) is 14.6. The molecule has 3 rings (SSSR count). The van der Waals surface area contributed by atoms with Gasteiger partial charge in [0, 0.05) is 0 Å². The summed E-state index contributed by atoms with van der Waals surface area (Å²) >= 11 is 0. The molecule has 1 amide bonds. The first-order valence-corrected chi connectivity index (χ1v) is 9.40. The maximum absolute atomic E-state index is 12.1. The molecule has 0 fully saturated rings. The highest BCUT2D eigenvalue weighted by Crippen LogP contribution is 2.14. The summed E-state index contributed by atoms with van der Waals surface area (Å²) in [4.78, 5) is 12.1. The molecule has 150 valence electrons. The maximum Gasteiger partial charge on any atom is 0.280 e. The van der Waals surface area contributed by atoms with Crippen molar-refractivity contribution in [3.63, 3.8) is 0 Å². The summed E-state index contributed by atoms with van der Waals surface area (Å²) in [6.07, 6.45) is 0.816. The van der Waals surface area contributed by atoms with Crippen LogP contribution in [0.4, 0.5) is 0 Å². The van der Waals surface area contributed by atoms with Crippen LogP contribution in [0.2, 0.25) is 0 Å². The van der Waals surface area contributed by atoms with Crippen LogP contribution >= 0.6 is 0 Å². The molecule has 0 saturated carbocycles. The predicted octanol–water partition coefficient (Wildman–Crippen LogP) is 4.05. The van der Waals surface area contributed by atoms with Crippen molar-refractivity contribution in [1.29, 1.82) is 5.26 Å². The fourth-order valence-electron chi connectivity index (χ4n) is 2.52. The highest BCUT2D eigenvalue weighted by Gasteiger charge is 2.13. The van der Waals surface area contributed by atoms with E-state index in [-0.39, 0.29) is 5.91 Å². The first kappa shape index (κ1) is 20.6. The molecule has 0 bridgehead atoms. The summed E-state index contributed by atoms with van der Waals surface area (Å²) < 4.78 is 11.3. The van der Waals surface area contributed by atoms with Gasteiger partial charge in [-0.15, -0.1) is 0 Å². The second-order valence-electron chi connectivity index (χ2n) is 6.47. The van der Waals surface area contributed by atoms with E-state index in [9.17, 15) is 4.79 Å². The van der Waals surface area contributed by atoms with Crippen molar-refractivity contribution in [3.8, 4) is 17.6 Å². The Morgan fingerprint density at radius 3 is 2.37 bits per heavy atom. The van der Waals surface area contributed by atoms with Crippen molar-refractivity contribution in [2.45, 2.75) is 19.6 Å². The Morgan fingerprint density at radius 2 is 1.70 bits per heavy atom. The van der Waals surface area contributed by atoms with Crippen molar-refractivity contribution in [2.24, 2.45) is 5.10 Å². The molecule has 0 aliphatic rings. The van der Waals surface area contributed by atoms with Crippen LogP contribution in [0.15, 0.2) is 84.0 Å². The summed E-state index contributed by atoms with van der Waals surface area (Å²) in [5, 5.41) is 12.8. The van der Waals surface area contributed by atoms with Crippen molar-refractivity contribution >= 4 is 12.1 Å². The molecule has 1 atom stereocenters. The molecular weight excluding hydrogens is 378 g/mol. The fraction of sp³-hybridized carbons (Fsp3) is 0.125. The standard InChI is InChI=1S/C24H21N3O3/c1-18(30-23-13-7-19(15-25)8-14-23)24(28)27-26-16-20-9-11-22(12-10-20)29-17-21-5-3-2-4-6-21/h2-14,16,18H,17H2,1H3,(H,27,28)/t18-/m1/s1. The van der Waals surface area contributed by atoms with E-state index in [0.717, 1.165) is 16.9 Å². The minimum Gasteiger partial charge on any atom is -0.489 e. The molecule has 1 N–H and O–H groups in total. The molecule has 0 radical (unpaired) electrons. The van der Waals surface area contributed by atoms with Gasteiger partial charge >= 0.3 is 0 Å². The van der Waals surface area contributed by atoms with E-state index in [0.29, 0.717) is 17.9 Å². The molecule has 0 saturated heterocycles. The Balaban J connectivity index is 1.45. The molecule has 0 aliphatic carbocycles. The summed E-state index contributed by atoms with van der Waals surface area (Å²) in [7, 11) is 0. The lowest BCUT2D eigenvalue weighted by molar-refractivity contribution is -0.127. The molecule has 0 spiro atoms. The predicted molar refractivity (Wildman–Crippen MR) is 114 cm³/mol. The Morgan fingerprint density at radius 1 is 1.03 bits per heavy atom. The zero-order valence-corrected chi connectivity index (χ0v) is 16.5. The van der Waals surface area contributed by atoms with Gasteiger partial charge in [-0.1, -0.05) is 30.3 Å². The second kappa shape index (κ2) is 10.4. The lowest BCUT2D eigenvalue weighted by atomic mass is 10.2. The third-order valence-electron chi connectivity index (χ3n) is 4.18. The Hall–Kier alpha value is -4.11. The number of hydrazone groups is 1. The van der Waals surface area contributed by atoms with Crippen LogP contribution in [0.1, 0.15) is 23.6 Å². The van der Waals surface area contributed by atoms with E-state index < -0.39 is 6.10 Å². The molecule has 0 aliphatic heterocycles. The van der Waals surface area contributed by atoms with Crippen LogP contribution in [0.5, 0.6) is 11.5 Å². The lowest BCUT2D eigenvalue weighted by Gasteiger charge is -2.12. The quantitative estimate of drug-likeness (QED) is 0.457. The Bertz CT molecular complexity index is 1020. The normalized spacial score (nSPS) is 11.5. The van der Waals surface area contributed by atoms with Crippen LogP contribution in [0.3, 0.4) is 0 Å². The van der Waals surface area contributed by atoms with Crippen molar-refractivity contribution in [2.75, 3.05) is 0 Å². The number of carbonyl (C=O) groups excluding carboxylic acids is 1. The van der Waals surface area contributed by atoms with Crippen LogP contribution in [0, 0.1) is 11.3 Å². The van der Waals surface area contributed by atoms with Crippen molar-refractivity contribution < 1.29 is 14.3 Å². The molecular formula is C24H21N3O3. The molecule has 30 heavy (non-hydrogen) atoms. The van der Waals surface area contributed by atoms with Crippen LogP contribution in [0.25, 0.3) is 0 Å². The van der Waals surface area contributed by atoms with Crippen LogP contribution in [-0.2, 0) is 11.4 Å². The average molecular weight is 399 g/mol. The minimum absolute atomic E-state index is 0.376. The third kappa shape index (κ3) is 6.21. The summed E-state index contributed by atoms with van der Waals surface area (Å²) in [6, 6.07) is 25.9. The van der Waals surface area contributed by atoms with Gasteiger partial charge in [-0.05, 0) is 66.6 Å². The molecule has 3 aromatic carbocycles. The number of nitrogens with one attached hydrogen (secondary N) is 1. The van der Waals surface area contributed by atoms with Gasteiger partial charge in [-0.3, -0.25) is 4.79 Å². The number of carbonyl (C=O) groups is 1. The highest BCUT2D eigenvalue weighted by atomic mass is 16.5. The van der Waals surface area contributed by atoms with Gasteiger partial charge in [-0.2, -0.15) is 10.4 Å². The van der Waals surface area contributed by atoms with E-state index in [4.69, 9.17) is 14.7 Å². The van der Waals surface area contributed by atoms with E-state index in [2.05, 4.69) is 10.5 Å². The first-order valence-electron chi connectivity index (χ1n) is 9.40. The smallest absolute Gasteiger partial charge is 0.280 e. The minimum atomic E-state index is -0.733. The van der Waals surface area contributed by atoms with E-state index in [1.54, 1.807) is 37.4 Å². The number of benzene rings is 3. The summed E-state index contributed by atoms with van der Waals surface area (Å²) in [5.74, 6) is 0.884. The molecule has 0 aromatic heterocycles. The van der Waals surface area contributed by atoms with Gasteiger partial charge < -0.3 is 9.47 Å². The summed E-state index contributed by atoms with van der Waals surface area (Å²) in [6.45, 7) is 2.13. The Labute approximate surface area is 175 Å². The van der Waals surface area contributed by atoms with Gasteiger partial charge in [0.05, 0.1) is 17.8 Å². The van der Waals surface area contributed by atoms with Crippen LogP contribution < -0.4 is 14.9 Å². The van der Waals surface area contributed by atoms with Crippen LogP contribution in [-0.4, -0.2) is 18.2 Å². The molecule has 6 nitrogen and oxygen atoms in total. The molecule has 6 heteroatoms. The monoisotopic (exact) mass is 399 g/mol. The topological polar surface area (TPSA) is 83.7 Å². The third-order valence-corrected chi connectivity index (χ3v) is 4.18. The number of rotatable bonds is 8. The van der Waals surface area contributed by atoms with Gasteiger partial charge in [-0.25, -0.2) is 5.43 Å². The summed E-state index contributed by atoms with van der Waals surface area (Å²) in [5.41, 5.74) is 4.91. The van der Waals surface area contributed by atoms with Gasteiger partial charge in [0.15, 0.2) is 6.10 Å². The van der Waals surface area contributed by atoms with E-state index in [1.165, 1.54) is 0 Å². The molecule has 0 heterocycles. The SMILES string of the molecule is C[C@@H](Oc1ccc(C#N)cc1)C(=O)NN=Cc1ccc(OCc2ccccc2)cc1. The number of hydrogen-bond acceptors (Lipinski definition) is 5. The molecule has 0 unspecified atom stereocenters. The Kier molecular flexibility index (Phi) is 7.17. The largest absolute Gasteiger partial charge is 0.489 e. The van der Waals surface area contributed by atoms with E-state index >= 15 is 0 Å². The lowest BCUT2D eigenvalue weighted by Crippen LogP contribution is -2.33. The fourth-order valence-corrected chi connectivity index (χ4v) is 2.52. The van der Waals surface area contributed by atoms with E-state index in [1.807, 2.05) is 60.7 Å². The maximum atomic E-state index is 12.1. The second-order valence-corrected chi connectivity index (χ2v) is 6.47. The number of amides is 1. The van der Waals surface area contributed by atoms with Crippen molar-refractivity contribution in [3.05, 3.63) is 95.6 Å². The average Bonchev–Trinajstić information content (AvgIpc) is 2.79. The van der Waals surface area contributed by atoms with Crippen molar-refractivity contribution in [1.82, 2.24) is 5.43 Å². The van der Waals surface area contributed by atoms with Gasteiger partial charge in [0.1, 0.15) is 18.1 Å². The highest BCUT2D eigenvalue weighted by molar-refractivity contribution is 5.84. The zero-order chi connectivity index (χ0) is 21.2. The number of nitrogens with zero attached hydrogens (tertiary/aromatic N) is 2. The number of ether oxygens (including phenoxy) is 2. The van der Waals surface area contributed by atoms with Gasteiger partial charge in [0.2, 0.25) is 0 Å². The zero-order valence-electron chi connectivity index (χ0n) is 16.5. The number of nitriles is 1. The molecule has 3 aromatic rings.